The maximum atomic E-state index is 13.3. The Bertz CT molecular complexity index is 1250. The zero-order valence-electron chi connectivity index (χ0n) is 21.8. The van der Waals surface area contributed by atoms with Crippen LogP contribution in [-0.4, -0.2) is 56.9 Å². The number of amides is 3. The van der Waals surface area contributed by atoms with Crippen LogP contribution in [0.2, 0.25) is 0 Å². The zero-order chi connectivity index (χ0) is 26.4. The van der Waals surface area contributed by atoms with E-state index in [-0.39, 0.29) is 42.4 Å². The number of fused-ring (bicyclic) bond motifs is 1. The maximum Gasteiger partial charge on any atom is 0.274 e. The van der Waals surface area contributed by atoms with E-state index in [9.17, 15) is 14.4 Å². The monoisotopic (exact) mass is 501 g/mol. The Balaban J connectivity index is 1.39. The summed E-state index contributed by atoms with van der Waals surface area (Å²) in [6, 6.07) is 19.4. The third kappa shape index (κ3) is 6.44. The molecule has 0 saturated carbocycles. The molecule has 3 amide bonds. The summed E-state index contributed by atoms with van der Waals surface area (Å²) in [5.41, 5.74) is 3.93. The molecule has 194 valence electrons. The lowest BCUT2D eigenvalue weighted by molar-refractivity contribution is -0.121. The number of carbonyl (C=O) groups is 3. The van der Waals surface area contributed by atoms with Gasteiger partial charge in [-0.1, -0.05) is 60.2 Å². The van der Waals surface area contributed by atoms with Gasteiger partial charge >= 0.3 is 0 Å². The van der Waals surface area contributed by atoms with Gasteiger partial charge in [-0.05, 0) is 38.3 Å². The van der Waals surface area contributed by atoms with Gasteiger partial charge in [0.05, 0.1) is 6.04 Å². The summed E-state index contributed by atoms with van der Waals surface area (Å²) in [6.07, 6.45) is 0.949. The second kappa shape index (κ2) is 11.9. The topological polar surface area (TPSA) is 87.5 Å². The molecule has 4 rings (SSSR count). The Hall–Kier alpha value is -3.94. The van der Waals surface area contributed by atoms with Crippen molar-refractivity contribution in [2.45, 2.75) is 52.7 Å². The lowest BCUT2D eigenvalue weighted by Gasteiger charge is -2.21. The molecule has 0 spiro atoms. The third-order valence-corrected chi connectivity index (χ3v) is 6.71. The highest BCUT2D eigenvalue weighted by atomic mass is 16.2. The second-order valence-corrected chi connectivity index (χ2v) is 9.54. The minimum atomic E-state index is -0.273. The van der Waals surface area contributed by atoms with Crippen LogP contribution in [0, 0.1) is 6.92 Å². The highest BCUT2D eigenvalue weighted by molar-refractivity contribution is 5.98. The first-order valence-corrected chi connectivity index (χ1v) is 12.9. The molecule has 0 fully saturated rings. The highest BCUT2D eigenvalue weighted by Crippen LogP contribution is 2.18. The predicted molar refractivity (Wildman–Crippen MR) is 142 cm³/mol. The van der Waals surface area contributed by atoms with Crippen LogP contribution in [0.4, 0.5) is 0 Å². The van der Waals surface area contributed by atoms with E-state index in [2.05, 4.69) is 16.5 Å². The molecule has 0 aliphatic carbocycles. The first kappa shape index (κ1) is 26.1. The van der Waals surface area contributed by atoms with E-state index >= 15 is 0 Å². The molecule has 1 aromatic heterocycles. The van der Waals surface area contributed by atoms with Gasteiger partial charge in [-0.25, -0.2) is 0 Å². The van der Waals surface area contributed by atoms with Crippen LogP contribution in [0.1, 0.15) is 70.4 Å². The van der Waals surface area contributed by atoms with Crippen molar-refractivity contribution in [1.29, 1.82) is 0 Å². The van der Waals surface area contributed by atoms with Gasteiger partial charge in [0.1, 0.15) is 5.69 Å². The average Bonchev–Trinajstić information content (AvgIpc) is 3.26. The van der Waals surface area contributed by atoms with E-state index in [1.807, 2.05) is 74.2 Å². The summed E-state index contributed by atoms with van der Waals surface area (Å²) in [6.45, 7) is 8.29. The second-order valence-electron chi connectivity index (χ2n) is 9.54. The number of carbonyl (C=O) groups excluding carboxylic acids is 3. The predicted octanol–water partition coefficient (Wildman–Crippen LogP) is 3.97. The van der Waals surface area contributed by atoms with Crippen LogP contribution in [0.3, 0.4) is 0 Å². The molecule has 0 saturated heterocycles. The van der Waals surface area contributed by atoms with E-state index < -0.39 is 0 Å². The van der Waals surface area contributed by atoms with Crippen molar-refractivity contribution in [3.05, 3.63) is 88.7 Å². The first-order valence-electron chi connectivity index (χ1n) is 12.9. The van der Waals surface area contributed by atoms with Crippen molar-refractivity contribution in [2.75, 3.05) is 19.6 Å². The van der Waals surface area contributed by atoms with Crippen molar-refractivity contribution < 1.29 is 14.4 Å². The van der Waals surface area contributed by atoms with Crippen LogP contribution in [0.15, 0.2) is 60.7 Å². The van der Waals surface area contributed by atoms with Crippen LogP contribution in [-0.2, 0) is 17.9 Å². The lowest BCUT2D eigenvalue weighted by atomic mass is 10.1. The Morgan fingerprint density at radius 1 is 1.08 bits per heavy atom. The fraction of sp³-hybridized carbons (Fsp3) is 0.379. The largest absolute Gasteiger partial charge is 0.350 e. The molecule has 1 aliphatic rings. The summed E-state index contributed by atoms with van der Waals surface area (Å²) < 4.78 is 1.65. The number of benzene rings is 2. The number of hydrogen-bond acceptors (Lipinski definition) is 4. The van der Waals surface area contributed by atoms with E-state index in [0.29, 0.717) is 31.9 Å². The number of rotatable bonds is 9. The molecule has 0 radical (unpaired) electrons. The minimum absolute atomic E-state index is 0.114. The maximum absolute atomic E-state index is 13.3. The number of hydrogen-bond donors (Lipinski definition) is 1. The number of nitrogens with zero attached hydrogens (tertiary/aromatic N) is 4. The SMILES string of the molecule is CCN(CCC(=O)NC(C)c1ccccc1)C(=O)c1cc2n(n1)CCCN(Cc1cccc(C)c1)C2=O. The Kier molecular flexibility index (Phi) is 8.38. The fourth-order valence-corrected chi connectivity index (χ4v) is 4.66. The van der Waals surface area contributed by atoms with Gasteiger partial charge in [0.15, 0.2) is 5.69 Å². The lowest BCUT2D eigenvalue weighted by Crippen LogP contribution is -2.36. The van der Waals surface area contributed by atoms with Gasteiger partial charge in [-0.3, -0.25) is 19.1 Å². The third-order valence-electron chi connectivity index (χ3n) is 6.71. The first-order chi connectivity index (χ1) is 17.9. The molecule has 1 unspecified atom stereocenters. The van der Waals surface area contributed by atoms with Crippen LogP contribution >= 0.6 is 0 Å². The molecule has 2 aromatic carbocycles. The molecule has 8 heteroatoms. The molecule has 0 bridgehead atoms. The molecule has 1 atom stereocenters. The molecule has 1 N–H and O–H groups in total. The van der Waals surface area contributed by atoms with Gasteiger partial charge in [-0.2, -0.15) is 5.10 Å². The Morgan fingerprint density at radius 3 is 2.59 bits per heavy atom. The van der Waals surface area contributed by atoms with Crippen molar-refractivity contribution in [3.8, 4) is 0 Å². The summed E-state index contributed by atoms with van der Waals surface area (Å²) in [4.78, 5) is 42.5. The fourth-order valence-electron chi connectivity index (χ4n) is 4.66. The summed E-state index contributed by atoms with van der Waals surface area (Å²) in [7, 11) is 0. The van der Waals surface area contributed by atoms with Crippen molar-refractivity contribution in [1.82, 2.24) is 24.9 Å². The van der Waals surface area contributed by atoms with Crippen molar-refractivity contribution in [3.63, 3.8) is 0 Å². The zero-order valence-corrected chi connectivity index (χ0v) is 21.8. The Morgan fingerprint density at radius 2 is 1.86 bits per heavy atom. The normalized spacial score (nSPS) is 14.0. The van der Waals surface area contributed by atoms with Gasteiger partial charge in [0.25, 0.3) is 11.8 Å². The minimum Gasteiger partial charge on any atom is -0.350 e. The van der Waals surface area contributed by atoms with E-state index in [0.717, 1.165) is 23.1 Å². The molecular weight excluding hydrogens is 466 g/mol. The smallest absolute Gasteiger partial charge is 0.274 e. The summed E-state index contributed by atoms with van der Waals surface area (Å²) in [5, 5.41) is 7.47. The Labute approximate surface area is 218 Å². The van der Waals surface area contributed by atoms with Gasteiger partial charge in [0.2, 0.25) is 5.91 Å². The van der Waals surface area contributed by atoms with E-state index in [1.165, 1.54) is 0 Å². The van der Waals surface area contributed by atoms with E-state index in [1.54, 1.807) is 15.6 Å². The van der Waals surface area contributed by atoms with E-state index in [4.69, 9.17) is 0 Å². The number of aryl methyl sites for hydroxylation is 2. The van der Waals surface area contributed by atoms with Gasteiger partial charge in [-0.15, -0.1) is 0 Å². The molecule has 8 nitrogen and oxygen atoms in total. The van der Waals surface area contributed by atoms with Crippen molar-refractivity contribution in [2.24, 2.45) is 0 Å². The molecule has 3 aromatic rings. The van der Waals surface area contributed by atoms with Crippen LogP contribution in [0.25, 0.3) is 0 Å². The molecular formula is C29H35N5O3. The molecule has 37 heavy (non-hydrogen) atoms. The van der Waals surface area contributed by atoms with Crippen LogP contribution < -0.4 is 5.32 Å². The summed E-state index contributed by atoms with van der Waals surface area (Å²) in [5.74, 6) is -0.516. The molecule has 1 aliphatic heterocycles. The number of nitrogens with one attached hydrogen (secondary N) is 1. The van der Waals surface area contributed by atoms with Crippen molar-refractivity contribution >= 4 is 17.7 Å². The molecule has 2 heterocycles. The van der Waals surface area contributed by atoms with Gasteiger partial charge in [0, 0.05) is 45.2 Å². The summed E-state index contributed by atoms with van der Waals surface area (Å²) >= 11 is 0. The number of aromatic nitrogens is 2. The highest BCUT2D eigenvalue weighted by Gasteiger charge is 2.28. The van der Waals surface area contributed by atoms with Crippen LogP contribution in [0.5, 0.6) is 0 Å². The van der Waals surface area contributed by atoms with Gasteiger partial charge < -0.3 is 15.1 Å². The standard InChI is InChI=1S/C29H35N5O3/c1-4-32(17-14-27(35)30-22(3)24-12-6-5-7-13-24)28(36)25-19-26-29(37)33(15-9-16-34(26)31-25)20-23-11-8-10-21(2)18-23/h5-8,10-13,18-19,22H,4,9,14-17,20H2,1-3H3,(H,30,35). The quantitative estimate of drug-likeness (QED) is 0.481. The average molecular weight is 502 g/mol.